The molecule has 0 atom stereocenters. The van der Waals surface area contributed by atoms with E-state index in [0.29, 0.717) is 19.4 Å². The van der Waals surface area contributed by atoms with Gasteiger partial charge in [0.05, 0.1) is 5.41 Å². The normalized spacial score (nSPS) is 20.2. The van der Waals surface area contributed by atoms with Gasteiger partial charge in [0.1, 0.15) is 0 Å². The molecule has 1 aliphatic heterocycles. The quantitative estimate of drug-likeness (QED) is 0.794. The highest BCUT2D eigenvalue weighted by Crippen LogP contribution is 2.28. The molecule has 1 aliphatic rings. The second kappa shape index (κ2) is 6.36. The Morgan fingerprint density at radius 3 is 2.35 bits per heavy atom. The summed E-state index contributed by atoms with van der Waals surface area (Å²) in [6.45, 7) is 8.86. The maximum Gasteiger partial charge on any atom is 0.310 e. The van der Waals surface area contributed by atoms with Gasteiger partial charge in [-0.3, -0.25) is 4.79 Å². The number of aliphatic carboxylic acids is 1. The van der Waals surface area contributed by atoms with E-state index in [1.807, 2.05) is 13.8 Å². The van der Waals surface area contributed by atoms with E-state index in [0.717, 1.165) is 32.6 Å². The van der Waals surface area contributed by atoms with Crippen LogP contribution in [0.1, 0.15) is 33.1 Å². The molecule has 4 heteroatoms. The first-order chi connectivity index (χ1) is 8.04. The highest BCUT2D eigenvalue weighted by atomic mass is 16.4. The average molecular weight is 242 g/mol. The predicted molar refractivity (Wildman–Crippen MR) is 69.2 cm³/mol. The standard InChI is InChI=1S/C13H26N2O2/c1-4-13(5-2,12(16)17)11-15-8-6-7-14(3)9-10-15/h4-11H2,1-3H3,(H,16,17). The smallest absolute Gasteiger partial charge is 0.310 e. The van der Waals surface area contributed by atoms with Crippen LogP contribution in [-0.4, -0.2) is 60.6 Å². The van der Waals surface area contributed by atoms with E-state index in [4.69, 9.17) is 0 Å². The summed E-state index contributed by atoms with van der Waals surface area (Å²) in [5.74, 6) is -0.639. The number of carbonyl (C=O) groups is 1. The van der Waals surface area contributed by atoms with E-state index in [1.54, 1.807) is 0 Å². The van der Waals surface area contributed by atoms with Crippen molar-refractivity contribution in [2.45, 2.75) is 33.1 Å². The van der Waals surface area contributed by atoms with Crippen LogP contribution in [0.5, 0.6) is 0 Å². The molecule has 1 saturated heterocycles. The average Bonchev–Trinajstić information content (AvgIpc) is 2.51. The Labute approximate surface area is 105 Å². The van der Waals surface area contributed by atoms with Crippen molar-refractivity contribution >= 4 is 5.97 Å². The van der Waals surface area contributed by atoms with Gasteiger partial charge in [-0.15, -0.1) is 0 Å². The third-order valence-electron chi connectivity index (χ3n) is 4.15. The van der Waals surface area contributed by atoms with E-state index < -0.39 is 11.4 Å². The minimum Gasteiger partial charge on any atom is -0.481 e. The van der Waals surface area contributed by atoms with Crippen LogP contribution in [0, 0.1) is 5.41 Å². The Balaban J connectivity index is 2.63. The first-order valence-corrected chi connectivity index (χ1v) is 6.68. The van der Waals surface area contributed by atoms with Crippen molar-refractivity contribution in [3.05, 3.63) is 0 Å². The molecule has 4 nitrogen and oxygen atoms in total. The van der Waals surface area contributed by atoms with Gasteiger partial charge in [0, 0.05) is 19.6 Å². The van der Waals surface area contributed by atoms with Crippen LogP contribution < -0.4 is 0 Å². The van der Waals surface area contributed by atoms with Crippen LogP contribution >= 0.6 is 0 Å². The van der Waals surface area contributed by atoms with E-state index in [1.165, 1.54) is 0 Å². The SMILES string of the molecule is CCC(CC)(CN1CCCN(C)CC1)C(=O)O. The van der Waals surface area contributed by atoms with Crippen molar-refractivity contribution in [2.24, 2.45) is 5.41 Å². The Morgan fingerprint density at radius 2 is 1.82 bits per heavy atom. The number of carboxylic acid groups (broad SMARTS) is 1. The van der Waals surface area contributed by atoms with Crippen LogP contribution in [0.2, 0.25) is 0 Å². The summed E-state index contributed by atoms with van der Waals surface area (Å²) in [4.78, 5) is 16.1. The van der Waals surface area contributed by atoms with Gasteiger partial charge in [0.15, 0.2) is 0 Å². The van der Waals surface area contributed by atoms with Crippen molar-refractivity contribution < 1.29 is 9.90 Å². The summed E-state index contributed by atoms with van der Waals surface area (Å²) in [5, 5.41) is 9.44. The molecule has 0 unspecified atom stereocenters. The molecule has 0 aromatic heterocycles. The zero-order chi connectivity index (χ0) is 12.9. The van der Waals surface area contributed by atoms with Crippen molar-refractivity contribution in [1.82, 2.24) is 9.80 Å². The maximum atomic E-state index is 11.5. The molecule has 17 heavy (non-hydrogen) atoms. The molecule has 100 valence electrons. The summed E-state index contributed by atoms with van der Waals surface area (Å²) < 4.78 is 0. The fraction of sp³-hybridized carbons (Fsp3) is 0.923. The summed E-state index contributed by atoms with van der Waals surface area (Å²) in [5.41, 5.74) is -0.553. The van der Waals surface area contributed by atoms with Gasteiger partial charge in [0.2, 0.25) is 0 Å². The van der Waals surface area contributed by atoms with Crippen molar-refractivity contribution in [2.75, 3.05) is 39.8 Å². The fourth-order valence-electron chi connectivity index (χ4n) is 2.53. The fourth-order valence-corrected chi connectivity index (χ4v) is 2.53. The summed E-state index contributed by atoms with van der Waals surface area (Å²) >= 11 is 0. The molecule has 0 amide bonds. The molecule has 1 heterocycles. The minimum atomic E-state index is -0.639. The molecule has 0 aromatic carbocycles. The van der Waals surface area contributed by atoms with Crippen LogP contribution in [0.4, 0.5) is 0 Å². The molecular formula is C13H26N2O2. The van der Waals surface area contributed by atoms with E-state index in [-0.39, 0.29) is 0 Å². The molecule has 1 rings (SSSR count). The Hall–Kier alpha value is -0.610. The summed E-state index contributed by atoms with van der Waals surface area (Å²) in [7, 11) is 2.13. The van der Waals surface area contributed by atoms with Crippen LogP contribution in [0.25, 0.3) is 0 Å². The van der Waals surface area contributed by atoms with E-state index in [2.05, 4.69) is 16.8 Å². The third-order valence-corrected chi connectivity index (χ3v) is 4.15. The zero-order valence-electron chi connectivity index (χ0n) is 11.4. The van der Waals surface area contributed by atoms with Gasteiger partial charge >= 0.3 is 5.97 Å². The second-order valence-corrected chi connectivity index (χ2v) is 5.23. The van der Waals surface area contributed by atoms with Gasteiger partial charge in [-0.25, -0.2) is 0 Å². The van der Waals surface area contributed by atoms with Gasteiger partial charge in [-0.05, 0) is 39.4 Å². The lowest BCUT2D eigenvalue weighted by atomic mass is 9.82. The van der Waals surface area contributed by atoms with Gasteiger partial charge < -0.3 is 14.9 Å². The second-order valence-electron chi connectivity index (χ2n) is 5.23. The van der Waals surface area contributed by atoms with Crippen LogP contribution in [0.15, 0.2) is 0 Å². The lowest BCUT2D eigenvalue weighted by molar-refractivity contribution is -0.150. The number of hydrogen-bond donors (Lipinski definition) is 1. The molecule has 0 spiro atoms. The van der Waals surface area contributed by atoms with Crippen LogP contribution in [0.3, 0.4) is 0 Å². The number of likely N-dealkylation sites (N-methyl/N-ethyl adjacent to an activating group) is 1. The van der Waals surface area contributed by atoms with Crippen molar-refractivity contribution in [3.63, 3.8) is 0 Å². The Kier molecular flexibility index (Phi) is 5.40. The molecular weight excluding hydrogens is 216 g/mol. The monoisotopic (exact) mass is 242 g/mol. The molecule has 1 fully saturated rings. The minimum absolute atomic E-state index is 0.553. The summed E-state index contributed by atoms with van der Waals surface area (Å²) in [6, 6.07) is 0. The lowest BCUT2D eigenvalue weighted by Crippen LogP contribution is -2.43. The first kappa shape index (κ1) is 14.5. The predicted octanol–water partition coefficient (Wildman–Crippen LogP) is 1.51. The molecule has 0 bridgehead atoms. The molecule has 0 aliphatic carbocycles. The topological polar surface area (TPSA) is 43.8 Å². The van der Waals surface area contributed by atoms with Crippen molar-refractivity contribution in [1.29, 1.82) is 0 Å². The van der Waals surface area contributed by atoms with Crippen molar-refractivity contribution in [3.8, 4) is 0 Å². The zero-order valence-corrected chi connectivity index (χ0v) is 11.4. The Morgan fingerprint density at radius 1 is 1.18 bits per heavy atom. The number of carboxylic acids is 1. The third kappa shape index (κ3) is 3.68. The lowest BCUT2D eigenvalue weighted by Gasteiger charge is -2.33. The summed E-state index contributed by atoms with van der Waals surface area (Å²) in [6.07, 6.45) is 2.57. The van der Waals surface area contributed by atoms with Gasteiger partial charge in [0.25, 0.3) is 0 Å². The first-order valence-electron chi connectivity index (χ1n) is 6.68. The molecule has 0 saturated carbocycles. The number of nitrogens with zero attached hydrogens (tertiary/aromatic N) is 2. The number of hydrogen-bond acceptors (Lipinski definition) is 3. The largest absolute Gasteiger partial charge is 0.481 e. The number of rotatable bonds is 5. The molecule has 1 N–H and O–H groups in total. The van der Waals surface area contributed by atoms with E-state index >= 15 is 0 Å². The highest BCUT2D eigenvalue weighted by molar-refractivity contribution is 5.74. The van der Waals surface area contributed by atoms with Gasteiger partial charge in [-0.1, -0.05) is 13.8 Å². The van der Waals surface area contributed by atoms with Gasteiger partial charge in [-0.2, -0.15) is 0 Å². The maximum absolute atomic E-state index is 11.5. The molecule has 0 radical (unpaired) electrons. The van der Waals surface area contributed by atoms with Crippen LogP contribution in [-0.2, 0) is 4.79 Å². The highest BCUT2D eigenvalue weighted by Gasteiger charge is 2.36. The van der Waals surface area contributed by atoms with E-state index in [9.17, 15) is 9.90 Å². The Bertz CT molecular complexity index is 252. The molecule has 0 aromatic rings.